The van der Waals surface area contributed by atoms with Crippen LogP contribution < -0.4 is 0 Å². The van der Waals surface area contributed by atoms with Gasteiger partial charge in [-0.25, -0.2) is 0 Å². The predicted octanol–water partition coefficient (Wildman–Crippen LogP) is 4.50. The molecule has 0 spiro atoms. The van der Waals surface area contributed by atoms with E-state index in [1.807, 2.05) is 36.4 Å². The zero-order valence-electron chi connectivity index (χ0n) is 12.7. The second kappa shape index (κ2) is 6.38. The molecular weight excluding hydrogens is 304 g/mol. The fourth-order valence-electron chi connectivity index (χ4n) is 2.54. The van der Waals surface area contributed by atoms with Crippen molar-refractivity contribution in [3.05, 3.63) is 72.8 Å². The van der Waals surface area contributed by atoms with Gasteiger partial charge in [-0.2, -0.15) is 0 Å². The highest BCUT2D eigenvalue weighted by Crippen LogP contribution is 2.31. The van der Waals surface area contributed by atoms with Crippen LogP contribution in [0.3, 0.4) is 0 Å². The smallest absolute Gasteiger partial charge is 0.127 e. The van der Waals surface area contributed by atoms with E-state index in [1.54, 1.807) is 18.2 Å². The van der Waals surface area contributed by atoms with Crippen LogP contribution in [0.5, 0.6) is 23.0 Å². The van der Waals surface area contributed by atoms with E-state index in [2.05, 4.69) is 0 Å². The SMILES string of the molecule is Oc1cc(O)c2ccccc2c1.Oc1ccc(O)c2ccccc12. The van der Waals surface area contributed by atoms with Crippen LogP contribution in [0.25, 0.3) is 21.5 Å². The third-order valence-corrected chi connectivity index (χ3v) is 3.70. The van der Waals surface area contributed by atoms with Crippen molar-refractivity contribution in [2.75, 3.05) is 0 Å². The number of phenolic OH excluding ortho intramolecular Hbond substituents is 4. The summed E-state index contributed by atoms with van der Waals surface area (Å²) in [6.07, 6.45) is 0. The fourth-order valence-corrected chi connectivity index (χ4v) is 2.54. The second-order valence-electron chi connectivity index (χ2n) is 5.34. The minimum Gasteiger partial charge on any atom is -0.508 e. The Bertz CT molecular complexity index is 968. The number of fused-ring (bicyclic) bond motifs is 2. The Hall–Kier alpha value is -3.40. The molecule has 0 heterocycles. The molecule has 24 heavy (non-hydrogen) atoms. The Balaban J connectivity index is 0.000000141. The molecule has 0 atom stereocenters. The van der Waals surface area contributed by atoms with E-state index in [1.165, 1.54) is 18.2 Å². The maximum absolute atomic E-state index is 9.39. The van der Waals surface area contributed by atoms with E-state index in [9.17, 15) is 15.3 Å². The average molecular weight is 320 g/mol. The molecule has 0 radical (unpaired) electrons. The highest BCUT2D eigenvalue weighted by molar-refractivity contribution is 5.92. The number of rotatable bonds is 0. The van der Waals surface area contributed by atoms with Gasteiger partial charge in [0.1, 0.15) is 23.0 Å². The molecule has 0 aliphatic rings. The molecule has 4 N–H and O–H groups in total. The van der Waals surface area contributed by atoms with Gasteiger partial charge < -0.3 is 20.4 Å². The second-order valence-corrected chi connectivity index (χ2v) is 5.34. The van der Waals surface area contributed by atoms with Gasteiger partial charge in [-0.15, -0.1) is 0 Å². The van der Waals surface area contributed by atoms with Crippen LogP contribution in [0.1, 0.15) is 0 Å². The quantitative estimate of drug-likeness (QED) is 0.360. The van der Waals surface area contributed by atoms with Gasteiger partial charge in [0.2, 0.25) is 0 Å². The lowest BCUT2D eigenvalue weighted by Gasteiger charge is -2.01. The normalized spacial score (nSPS) is 10.3. The molecule has 0 saturated heterocycles. The molecule has 0 bridgehead atoms. The van der Waals surface area contributed by atoms with E-state index in [-0.39, 0.29) is 23.0 Å². The summed E-state index contributed by atoms with van der Waals surface area (Å²) in [4.78, 5) is 0. The van der Waals surface area contributed by atoms with E-state index >= 15 is 0 Å². The van der Waals surface area contributed by atoms with Crippen molar-refractivity contribution in [2.45, 2.75) is 0 Å². The third kappa shape index (κ3) is 3.03. The highest BCUT2D eigenvalue weighted by atomic mass is 16.3. The van der Waals surface area contributed by atoms with Crippen LogP contribution in [0, 0.1) is 0 Å². The van der Waals surface area contributed by atoms with E-state index < -0.39 is 0 Å². The van der Waals surface area contributed by atoms with Gasteiger partial charge >= 0.3 is 0 Å². The Kier molecular flexibility index (Phi) is 4.12. The van der Waals surface area contributed by atoms with Crippen LogP contribution in [0.4, 0.5) is 0 Å². The summed E-state index contributed by atoms with van der Waals surface area (Å²) in [5.74, 6) is 0.601. The van der Waals surface area contributed by atoms with Crippen molar-refractivity contribution in [2.24, 2.45) is 0 Å². The van der Waals surface area contributed by atoms with Gasteiger partial charge in [-0.1, -0.05) is 48.5 Å². The first kappa shape index (κ1) is 15.5. The summed E-state index contributed by atoms with van der Waals surface area (Å²) in [5.41, 5.74) is 0. The Morgan fingerprint density at radius 3 is 1.54 bits per heavy atom. The number of phenols is 4. The lowest BCUT2D eigenvalue weighted by molar-refractivity contribution is 0.455. The van der Waals surface area contributed by atoms with Gasteiger partial charge in [0.25, 0.3) is 0 Å². The van der Waals surface area contributed by atoms with Crippen LogP contribution in [0.15, 0.2) is 72.8 Å². The molecule has 0 aliphatic carbocycles. The van der Waals surface area contributed by atoms with E-state index in [4.69, 9.17) is 5.11 Å². The molecule has 0 saturated carbocycles. The number of aromatic hydroxyl groups is 4. The van der Waals surface area contributed by atoms with E-state index in [0.717, 1.165) is 10.8 Å². The molecule has 4 rings (SSSR count). The van der Waals surface area contributed by atoms with Crippen molar-refractivity contribution in [3.8, 4) is 23.0 Å². The van der Waals surface area contributed by atoms with Gasteiger partial charge in [0.15, 0.2) is 0 Å². The fraction of sp³-hybridized carbons (Fsp3) is 0. The summed E-state index contributed by atoms with van der Waals surface area (Å²) in [7, 11) is 0. The number of hydrogen-bond donors (Lipinski definition) is 4. The summed E-state index contributed by atoms with van der Waals surface area (Å²) < 4.78 is 0. The predicted molar refractivity (Wildman–Crippen MR) is 94.6 cm³/mol. The maximum atomic E-state index is 9.39. The zero-order chi connectivity index (χ0) is 17.1. The standard InChI is InChI=1S/2C10H8O2/c11-8-5-7-3-1-2-4-9(7)10(12)6-8;11-9-5-6-10(12)8-4-2-1-3-7(8)9/h2*1-6,11-12H. The van der Waals surface area contributed by atoms with Gasteiger partial charge in [-0.05, 0) is 23.6 Å². The average Bonchev–Trinajstić information content (AvgIpc) is 2.59. The Morgan fingerprint density at radius 2 is 0.958 bits per heavy atom. The largest absolute Gasteiger partial charge is 0.508 e. The maximum Gasteiger partial charge on any atom is 0.127 e. The molecule has 0 fully saturated rings. The first-order chi connectivity index (χ1) is 11.6. The van der Waals surface area contributed by atoms with Crippen LogP contribution in [-0.2, 0) is 0 Å². The molecule has 4 nitrogen and oxygen atoms in total. The van der Waals surface area contributed by atoms with Gasteiger partial charge in [0, 0.05) is 22.2 Å². The minimum absolute atomic E-state index is 0.0891. The van der Waals surface area contributed by atoms with Crippen LogP contribution in [-0.4, -0.2) is 20.4 Å². The summed E-state index contributed by atoms with van der Waals surface area (Å²) >= 11 is 0. The monoisotopic (exact) mass is 320 g/mol. The zero-order valence-corrected chi connectivity index (χ0v) is 12.7. The van der Waals surface area contributed by atoms with Gasteiger partial charge in [-0.3, -0.25) is 0 Å². The lowest BCUT2D eigenvalue weighted by Crippen LogP contribution is -1.73. The summed E-state index contributed by atoms with van der Waals surface area (Å²) in [5, 5.41) is 40.3. The molecule has 4 aromatic rings. The lowest BCUT2D eigenvalue weighted by atomic mass is 10.1. The molecular formula is C20H16O4. The molecule has 0 unspecified atom stereocenters. The van der Waals surface area contributed by atoms with Crippen molar-refractivity contribution < 1.29 is 20.4 Å². The molecule has 120 valence electrons. The van der Waals surface area contributed by atoms with Crippen molar-refractivity contribution >= 4 is 21.5 Å². The molecule has 0 aromatic heterocycles. The van der Waals surface area contributed by atoms with Crippen molar-refractivity contribution in [1.29, 1.82) is 0 Å². The molecule has 0 aliphatic heterocycles. The van der Waals surface area contributed by atoms with Gasteiger partial charge in [0.05, 0.1) is 0 Å². The molecule has 0 amide bonds. The van der Waals surface area contributed by atoms with Crippen LogP contribution >= 0.6 is 0 Å². The summed E-state index contributed by atoms with van der Waals surface area (Å²) in [6.45, 7) is 0. The van der Waals surface area contributed by atoms with Crippen LogP contribution in [0.2, 0.25) is 0 Å². The minimum atomic E-state index is 0.0891. The molecule has 4 heteroatoms. The van der Waals surface area contributed by atoms with Crippen molar-refractivity contribution in [1.82, 2.24) is 0 Å². The van der Waals surface area contributed by atoms with E-state index in [0.29, 0.717) is 10.8 Å². The highest BCUT2D eigenvalue weighted by Gasteiger charge is 2.01. The number of benzene rings is 4. The Morgan fingerprint density at radius 1 is 0.458 bits per heavy atom. The number of hydrogen-bond acceptors (Lipinski definition) is 4. The third-order valence-electron chi connectivity index (χ3n) is 3.70. The topological polar surface area (TPSA) is 80.9 Å². The Labute approximate surface area is 138 Å². The van der Waals surface area contributed by atoms with Crippen molar-refractivity contribution in [3.63, 3.8) is 0 Å². The summed E-state index contributed by atoms with van der Waals surface area (Å²) in [6, 6.07) is 20.5. The first-order valence-corrected chi connectivity index (χ1v) is 7.36. The molecule has 4 aromatic carbocycles. The first-order valence-electron chi connectivity index (χ1n) is 7.36.